The highest BCUT2D eigenvalue weighted by Gasteiger charge is 2.66. The fraction of sp³-hybridized carbons (Fsp3) is 0.250. The maximum atomic E-state index is 6.50. The Labute approximate surface area is 193 Å². The van der Waals surface area contributed by atoms with Crippen LogP contribution in [-0.4, -0.2) is 58.0 Å². The van der Waals surface area contributed by atoms with Crippen LogP contribution in [0.1, 0.15) is 0 Å². The van der Waals surface area contributed by atoms with Crippen molar-refractivity contribution in [2.75, 3.05) is 0 Å². The molecule has 4 aliphatic rings. The molecule has 0 aromatic heterocycles. The van der Waals surface area contributed by atoms with E-state index in [1.54, 1.807) is 0 Å². The Morgan fingerprint density at radius 1 is 0.333 bits per heavy atom. The van der Waals surface area contributed by atoms with Gasteiger partial charge in [0.1, 0.15) is 0 Å². The van der Waals surface area contributed by atoms with Crippen molar-refractivity contribution in [2.24, 2.45) is 0 Å². The zero-order valence-corrected chi connectivity index (χ0v) is 17.8. The van der Waals surface area contributed by atoms with Crippen molar-refractivity contribution in [3.8, 4) is 0 Å². The molecule has 4 bridgehead atoms. The van der Waals surface area contributed by atoms with Crippen molar-refractivity contribution in [3.05, 3.63) is 91.0 Å². The van der Waals surface area contributed by atoms with E-state index in [2.05, 4.69) is 0 Å². The molecule has 1 saturated carbocycles. The predicted molar refractivity (Wildman–Crippen MR) is 125 cm³/mol. The summed E-state index contributed by atoms with van der Waals surface area (Å²) in [5.74, 6) is 0. The quantitative estimate of drug-likeness (QED) is 0.557. The third kappa shape index (κ3) is 3.39. The third-order valence-electron chi connectivity index (χ3n) is 6.84. The van der Waals surface area contributed by atoms with Gasteiger partial charge in [0, 0.05) is 0 Å². The van der Waals surface area contributed by atoms with Crippen LogP contribution in [0.25, 0.3) is 0 Å². The highest BCUT2D eigenvalue weighted by Crippen LogP contribution is 2.43. The van der Waals surface area contributed by atoms with Crippen LogP contribution in [0.5, 0.6) is 0 Å². The second-order valence-electron chi connectivity index (χ2n) is 8.83. The Bertz CT molecular complexity index is 1030. The van der Waals surface area contributed by atoms with Crippen LogP contribution < -0.4 is 16.4 Å². The molecular formula is C24H21B3O6. The van der Waals surface area contributed by atoms with Gasteiger partial charge in [-0.15, -0.1) is 0 Å². The van der Waals surface area contributed by atoms with E-state index in [1.165, 1.54) is 0 Å². The number of fused-ring (bicyclic) bond motifs is 3. The van der Waals surface area contributed by atoms with Gasteiger partial charge in [-0.1, -0.05) is 91.0 Å². The summed E-state index contributed by atoms with van der Waals surface area (Å²) in [6, 6.07) is 29.9. The first-order chi connectivity index (χ1) is 16.3. The molecule has 6 nitrogen and oxygen atoms in total. The first kappa shape index (κ1) is 20.0. The highest BCUT2D eigenvalue weighted by molar-refractivity contribution is 6.63. The fourth-order valence-corrected chi connectivity index (χ4v) is 5.31. The molecule has 0 radical (unpaired) electrons. The molecule has 3 aromatic rings. The number of hydrogen-bond acceptors (Lipinski definition) is 6. The summed E-state index contributed by atoms with van der Waals surface area (Å²) in [5, 5.41) is 0. The molecule has 3 heterocycles. The minimum absolute atomic E-state index is 0.326. The van der Waals surface area contributed by atoms with E-state index in [-0.39, 0.29) is 36.6 Å². The molecule has 9 heteroatoms. The van der Waals surface area contributed by atoms with Crippen molar-refractivity contribution in [3.63, 3.8) is 0 Å². The Kier molecular flexibility index (Phi) is 4.93. The van der Waals surface area contributed by atoms with Crippen LogP contribution in [0.15, 0.2) is 91.0 Å². The van der Waals surface area contributed by atoms with Crippen molar-refractivity contribution < 1.29 is 27.9 Å². The molecule has 1 aliphatic carbocycles. The first-order valence-electron chi connectivity index (χ1n) is 11.4. The SMILES string of the molecule is c1ccc(B2O[C@H]3[C@@H]4OB(c5ccccc5)O[C@@H]3[C@H]3OB(c5ccccc5)O[C@H]3[C@H]4O2)cc1. The fourth-order valence-electron chi connectivity index (χ4n) is 5.31. The lowest BCUT2D eigenvalue weighted by atomic mass is 9.68. The highest BCUT2D eigenvalue weighted by atomic mass is 16.7. The molecule has 162 valence electrons. The van der Waals surface area contributed by atoms with E-state index in [0.717, 1.165) is 16.4 Å². The standard InChI is InChI=1S/C24H21B3O6/c1-4-10-16(11-5-1)25-28-19-20-21(30-25)23-24(33-27(32-23)18-14-8-3-9-15-18)22(19)31-26(29-20)17-12-6-2-7-13-17/h1-15,19-24H/t19-,20-,21-,22-,23-,24+/m0/s1. The van der Waals surface area contributed by atoms with E-state index >= 15 is 0 Å². The van der Waals surface area contributed by atoms with Crippen LogP contribution in [0.2, 0.25) is 0 Å². The van der Waals surface area contributed by atoms with Gasteiger partial charge >= 0.3 is 21.4 Å². The van der Waals surface area contributed by atoms with Crippen molar-refractivity contribution >= 4 is 37.7 Å². The van der Waals surface area contributed by atoms with E-state index in [1.807, 2.05) is 91.0 Å². The normalized spacial score (nSPS) is 32.5. The van der Waals surface area contributed by atoms with Gasteiger partial charge in [0.2, 0.25) is 0 Å². The van der Waals surface area contributed by atoms with Gasteiger partial charge in [0.15, 0.2) is 0 Å². The molecule has 33 heavy (non-hydrogen) atoms. The minimum atomic E-state index is -0.513. The summed E-state index contributed by atoms with van der Waals surface area (Å²) in [6.45, 7) is 0. The lowest BCUT2D eigenvalue weighted by Gasteiger charge is -2.56. The molecule has 3 aromatic carbocycles. The summed E-state index contributed by atoms with van der Waals surface area (Å²) in [5.41, 5.74) is 2.89. The first-order valence-corrected chi connectivity index (χ1v) is 11.4. The third-order valence-corrected chi connectivity index (χ3v) is 6.84. The van der Waals surface area contributed by atoms with Gasteiger partial charge in [-0.2, -0.15) is 0 Å². The summed E-state index contributed by atoms with van der Waals surface area (Å²) in [4.78, 5) is 0. The Morgan fingerprint density at radius 2 is 0.545 bits per heavy atom. The second kappa shape index (κ2) is 8.13. The lowest BCUT2D eigenvalue weighted by molar-refractivity contribution is -0.227. The molecular weight excluding hydrogens is 417 g/mol. The van der Waals surface area contributed by atoms with Crippen molar-refractivity contribution in [2.45, 2.75) is 36.6 Å². The van der Waals surface area contributed by atoms with Crippen molar-refractivity contribution in [1.82, 2.24) is 0 Å². The Balaban J connectivity index is 1.24. The van der Waals surface area contributed by atoms with E-state index < -0.39 is 21.4 Å². The van der Waals surface area contributed by atoms with Crippen LogP contribution in [0, 0.1) is 0 Å². The van der Waals surface area contributed by atoms with Gasteiger partial charge in [-0.05, 0) is 16.4 Å². The monoisotopic (exact) mass is 438 g/mol. The van der Waals surface area contributed by atoms with Crippen LogP contribution in [0.4, 0.5) is 0 Å². The maximum Gasteiger partial charge on any atom is 0.494 e. The lowest BCUT2D eigenvalue weighted by Crippen LogP contribution is -2.76. The van der Waals surface area contributed by atoms with Crippen LogP contribution in [-0.2, 0) is 27.9 Å². The van der Waals surface area contributed by atoms with Gasteiger partial charge in [0.05, 0.1) is 36.6 Å². The zero-order chi connectivity index (χ0) is 21.8. The zero-order valence-electron chi connectivity index (χ0n) is 17.8. The minimum Gasteiger partial charge on any atom is -0.399 e. The smallest absolute Gasteiger partial charge is 0.399 e. The molecule has 3 aliphatic heterocycles. The summed E-state index contributed by atoms with van der Waals surface area (Å²) in [7, 11) is -1.51. The Morgan fingerprint density at radius 3 is 0.758 bits per heavy atom. The second-order valence-corrected chi connectivity index (χ2v) is 8.83. The predicted octanol–water partition coefficient (Wildman–Crippen LogP) is 0.538. The molecule has 0 atom stereocenters. The van der Waals surface area contributed by atoms with Crippen LogP contribution >= 0.6 is 0 Å². The molecule has 0 unspecified atom stereocenters. The summed E-state index contributed by atoms with van der Waals surface area (Å²) in [6.07, 6.45) is -2.00. The molecule has 0 amide bonds. The Hall–Kier alpha value is -2.39. The number of hydrogen-bond donors (Lipinski definition) is 0. The van der Waals surface area contributed by atoms with Gasteiger partial charge in [0.25, 0.3) is 0 Å². The van der Waals surface area contributed by atoms with Crippen LogP contribution in [0.3, 0.4) is 0 Å². The number of benzene rings is 3. The molecule has 0 N–H and O–H groups in total. The van der Waals surface area contributed by atoms with Gasteiger partial charge < -0.3 is 27.9 Å². The molecule has 3 saturated heterocycles. The topological polar surface area (TPSA) is 55.4 Å². The van der Waals surface area contributed by atoms with E-state index in [0.29, 0.717) is 0 Å². The molecule has 0 spiro atoms. The largest absolute Gasteiger partial charge is 0.494 e. The summed E-state index contributed by atoms with van der Waals surface area (Å²) >= 11 is 0. The van der Waals surface area contributed by atoms with E-state index in [9.17, 15) is 0 Å². The maximum absolute atomic E-state index is 6.50. The average Bonchev–Trinajstić information content (AvgIpc) is 3.33. The van der Waals surface area contributed by atoms with Gasteiger partial charge in [-0.25, -0.2) is 0 Å². The summed E-state index contributed by atoms with van der Waals surface area (Å²) < 4.78 is 38.8. The van der Waals surface area contributed by atoms with E-state index in [4.69, 9.17) is 27.9 Å². The average molecular weight is 438 g/mol. The molecule has 4 fully saturated rings. The van der Waals surface area contributed by atoms with Crippen molar-refractivity contribution in [1.29, 1.82) is 0 Å². The molecule has 7 rings (SSSR count). The van der Waals surface area contributed by atoms with Gasteiger partial charge in [-0.3, -0.25) is 0 Å². The number of rotatable bonds is 3.